The van der Waals surface area contributed by atoms with Gasteiger partial charge in [0.25, 0.3) is 11.8 Å². The van der Waals surface area contributed by atoms with Crippen LogP contribution in [0.5, 0.6) is 0 Å². The summed E-state index contributed by atoms with van der Waals surface area (Å²) >= 11 is 0. The summed E-state index contributed by atoms with van der Waals surface area (Å²) in [5.74, 6) is -0.239. The molecule has 19 heavy (non-hydrogen) atoms. The second-order valence-corrected chi connectivity index (χ2v) is 4.93. The highest BCUT2D eigenvalue weighted by atomic mass is 16.3. The monoisotopic (exact) mass is 261 g/mol. The molecule has 0 saturated heterocycles. The van der Waals surface area contributed by atoms with Crippen LogP contribution in [0.2, 0.25) is 0 Å². The number of amides is 2. The third-order valence-electron chi connectivity index (χ3n) is 3.55. The van der Waals surface area contributed by atoms with E-state index in [0.717, 1.165) is 12.8 Å². The average Bonchev–Trinajstić information content (AvgIpc) is 2.65. The fourth-order valence-corrected chi connectivity index (χ4v) is 2.58. The first-order chi connectivity index (χ1) is 9.19. The number of carbonyl (C=O) groups excluding carboxylic acids is 2. The van der Waals surface area contributed by atoms with Crippen LogP contribution in [-0.4, -0.2) is 35.0 Å². The molecule has 1 heterocycles. The number of aliphatic hydroxyl groups is 1. The Labute approximate surface area is 113 Å². The van der Waals surface area contributed by atoms with Gasteiger partial charge in [-0.15, -0.1) is 0 Å². The van der Waals surface area contributed by atoms with Gasteiger partial charge < -0.3 is 5.11 Å². The van der Waals surface area contributed by atoms with Crippen molar-refractivity contribution in [2.45, 2.75) is 26.2 Å². The molecule has 0 fully saturated rings. The SMILES string of the molecule is CCCC(CCO)CN1C(=O)c2ccccc2C1=O. The number of benzene rings is 1. The van der Waals surface area contributed by atoms with E-state index in [1.165, 1.54) is 4.90 Å². The first-order valence-corrected chi connectivity index (χ1v) is 6.75. The number of carbonyl (C=O) groups is 2. The summed E-state index contributed by atoms with van der Waals surface area (Å²) in [4.78, 5) is 25.7. The van der Waals surface area contributed by atoms with Gasteiger partial charge in [0.05, 0.1) is 11.1 Å². The normalized spacial score (nSPS) is 15.8. The number of rotatable bonds is 6. The lowest BCUT2D eigenvalue weighted by molar-refractivity contribution is 0.0616. The minimum absolute atomic E-state index is 0.0911. The molecule has 1 aromatic rings. The molecule has 2 amide bonds. The molecule has 0 bridgehead atoms. The second-order valence-electron chi connectivity index (χ2n) is 4.93. The molecule has 4 heteroatoms. The van der Waals surface area contributed by atoms with Crippen LogP contribution in [0.3, 0.4) is 0 Å². The molecule has 1 unspecified atom stereocenters. The van der Waals surface area contributed by atoms with E-state index in [4.69, 9.17) is 5.11 Å². The van der Waals surface area contributed by atoms with E-state index in [1.807, 2.05) is 0 Å². The maximum atomic E-state index is 12.2. The van der Waals surface area contributed by atoms with Crippen molar-refractivity contribution in [1.29, 1.82) is 0 Å². The minimum Gasteiger partial charge on any atom is -0.396 e. The highest BCUT2D eigenvalue weighted by Gasteiger charge is 2.35. The molecular formula is C15H19NO3. The minimum atomic E-state index is -0.209. The van der Waals surface area contributed by atoms with Gasteiger partial charge in [-0.2, -0.15) is 0 Å². The Balaban J connectivity index is 2.15. The average molecular weight is 261 g/mol. The first kappa shape index (κ1) is 13.7. The van der Waals surface area contributed by atoms with Crippen LogP contribution in [0.15, 0.2) is 24.3 Å². The van der Waals surface area contributed by atoms with Gasteiger partial charge in [-0.25, -0.2) is 0 Å². The Morgan fingerprint density at radius 2 is 1.68 bits per heavy atom. The van der Waals surface area contributed by atoms with E-state index in [9.17, 15) is 9.59 Å². The van der Waals surface area contributed by atoms with Crippen LogP contribution in [0.25, 0.3) is 0 Å². The summed E-state index contributed by atoms with van der Waals surface area (Å²) < 4.78 is 0. The molecule has 0 aromatic heterocycles. The third-order valence-corrected chi connectivity index (χ3v) is 3.55. The number of fused-ring (bicyclic) bond motifs is 1. The van der Waals surface area contributed by atoms with Gasteiger partial charge in [-0.1, -0.05) is 25.5 Å². The van der Waals surface area contributed by atoms with Crippen molar-refractivity contribution in [2.24, 2.45) is 5.92 Å². The lowest BCUT2D eigenvalue weighted by Crippen LogP contribution is -2.35. The zero-order valence-corrected chi connectivity index (χ0v) is 11.1. The lowest BCUT2D eigenvalue weighted by Gasteiger charge is -2.21. The molecule has 2 rings (SSSR count). The molecule has 0 spiro atoms. The molecule has 0 radical (unpaired) electrons. The van der Waals surface area contributed by atoms with Crippen molar-refractivity contribution >= 4 is 11.8 Å². The Morgan fingerprint density at radius 3 is 2.16 bits per heavy atom. The van der Waals surface area contributed by atoms with Crippen LogP contribution in [0.1, 0.15) is 46.9 Å². The summed E-state index contributed by atoms with van der Waals surface area (Å²) in [6.07, 6.45) is 2.52. The van der Waals surface area contributed by atoms with E-state index >= 15 is 0 Å². The number of hydrogen-bond donors (Lipinski definition) is 1. The fourth-order valence-electron chi connectivity index (χ4n) is 2.58. The van der Waals surface area contributed by atoms with Gasteiger partial charge in [0.15, 0.2) is 0 Å². The summed E-state index contributed by atoms with van der Waals surface area (Å²) in [5.41, 5.74) is 0.985. The highest BCUT2D eigenvalue weighted by molar-refractivity contribution is 6.21. The standard InChI is InChI=1S/C15H19NO3/c1-2-5-11(8-9-17)10-16-14(18)12-6-3-4-7-13(12)15(16)19/h3-4,6-7,11,17H,2,5,8-10H2,1H3. The number of hydrogen-bond acceptors (Lipinski definition) is 3. The lowest BCUT2D eigenvalue weighted by atomic mass is 9.99. The predicted octanol–water partition coefficient (Wildman–Crippen LogP) is 2.08. The van der Waals surface area contributed by atoms with Crippen molar-refractivity contribution in [1.82, 2.24) is 4.90 Å². The molecule has 1 N–H and O–H groups in total. The van der Waals surface area contributed by atoms with Gasteiger partial charge in [-0.05, 0) is 30.9 Å². The molecule has 4 nitrogen and oxygen atoms in total. The Hall–Kier alpha value is -1.68. The summed E-state index contributed by atoms with van der Waals surface area (Å²) in [5, 5.41) is 9.05. The molecule has 1 aliphatic rings. The highest BCUT2D eigenvalue weighted by Crippen LogP contribution is 2.25. The van der Waals surface area contributed by atoms with Crippen LogP contribution in [0.4, 0.5) is 0 Å². The molecule has 1 atom stereocenters. The van der Waals surface area contributed by atoms with E-state index in [-0.39, 0.29) is 24.3 Å². The Bertz CT molecular complexity index is 443. The van der Waals surface area contributed by atoms with Crippen LogP contribution < -0.4 is 0 Å². The first-order valence-electron chi connectivity index (χ1n) is 6.75. The quantitative estimate of drug-likeness (QED) is 0.798. The van der Waals surface area contributed by atoms with Crippen molar-refractivity contribution < 1.29 is 14.7 Å². The van der Waals surface area contributed by atoms with Crippen molar-refractivity contribution in [2.75, 3.05) is 13.2 Å². The maximum absolute atomic E-state index is 12.2. The molecule has 0 aliphatic carbocycles. The van der Waals surface area contributed by atoms with E-state index < -0.39 is 0 Å². The summed E-state index contributed by atoms with van der Waals surface area (Å²) in [6, 6.07) is 6.92. The maximum Gasteiger partial charge on any atom is 0.261 e. The second kappa shape index (κ2) is 5.97. The molecule has 1 aromatic carbocycles. The van der Waals surface area contributed by atoms with E-state index in [2.05, 4.69) is 6.92 Å². The van der Waals surface area contributed by atoms with Gasteiger partial charge in [-0.3, -0.25) is 14.5 Å². The fraction of sp³-hybridized carbons (Fsp3) is 0.467. The van der Waals surface area contributed by atoms with Gasteiger partial charge in [0.1, 0.15) is 0 Å². The molecule has 1 aliphatic heterocycles. The van der Waals surface area contributed by atoms with Gasteiger partial charge >= 0.3 is 0 Å². The third kappa shape index (κ3) is 2.68. The molecule has 0 saturated carbocycles. The summed E-state index contributed by atoms with van der Waals surface area (Å²) in [7, 11) is 0. The van der Waals surface area contributed by atoms with Gasteiger partial charge in [0.2, 0.25) is 0 Å². The van der Waals surface area contributed by atoms with Crippen LogP contribution in [0, 0.1) is 5.92 Å². The zero-order chi connectivity index (χ0) is 13.8. The van der Waals surface area contributed by atoms with Crippen molar-refractivity contribution in [3.63, 3.8) is 0 Å². The number of imide groups is 1. The van der Waals surface area contributed by atoms with E-state index in [1.54, 1.807) is 24.3 Å². The largest absolute Gasteiger partial charge is 0.396 e. The Kier molecular flexibility index (Phi) is 4.32. The van der Waals surface area contributed by atoms with Crippen LogP contribution in [-0.2, 0) is 0 Å². The smallest absolute Gasteiger partial charge is 0.261 e. The summed E-state index contributed by atoms with van der Waals surface area (Å²) in [6.45, 7) is 2.56. The zero-order valence-electron chi connectivity index (χ0n) is 11.1. The van der Waals surface area contributed by atoms with Crippen LogP contribution >= 0.6 is 0 Å². The number of nitrogens with zero attached hydrogens (tertiary/aromatic N) is 1. The molecule has 102 valence electrons. The predicted molar refractivity (Wildman–Crippen MR) is 71.9 cm³/mol. The topological polar surface area (TPSA) is 57.6 Å². The molecular weight excluding hydrogens is 242 g/mol. The number of aliphatic hydroxyl groups excluding tert-OH is 1. The van der Waals surface area contributed by atoms with E-state index in [0.29, 0.717) is 24.1 Å². The van der Waals surface area contributed by atoms with Gasteiger partial charge in [0, 0.05) is 13.2 Å². The Morgan fingerprint density at radius 1 is 1.11 bits per heavy atom. The van der Waals surface area contributed by atoms with Crippen molar-refractivity contribution in [3.8, 4) is 0 Å². The van der Waals surface area contributed by atoms with Crippen molar-refractivity contribution in [3.05, 3.63) is 35.4 Å².